The molecule has 0 heterocycles. The first-order valence-electron chi connectivity index (χ1n) is 4.08. The molecular formula is C7H19O2PS2Zn. The number of unbranched alkanes of at least 4 members (excludes halogenated alkanes) is 2. The summed E-state index contributed by atoms with van der Waals surface area (Å²) in [7, 11) is -1.33. The molecular weight excluding hydrogens is 277 g/mol. The first-order chi connectivity index (χ1) is 5.31. The summed E-state index contributed by atoms with van der Waals surface area (Å²) in [4.78, 5) is 18.7. The summed E-state index contributed by atoms with van der Waals surface area (Å²) in [6.07, 6.45) is 7.23. The van der Waals surface area contributed by atoms with Crippen molar-refractivity contribution in [3.63, 3.8) is 0 Å². The quantitative estimate of drug-likeness (QED) is 0.465. The van der Waals surface area contributed by atoms with Crippen molar-refractivity contribution in [3.05, 3.63) is 0 Å². The molecule has 0 bridgehead atoms. The Hall–Kier alpha value is 1.54. The van der Waals surface area contributed by atoms with Crippen molar-refractivity contribution >= 4 is 27.1 Å². The maximum atomic E-state index is 9.36. The normalized spacial score (nSPS) is 13.6. The van der Waals surface area contributed by atoms with Crippen LogP contribution < -0.4 is 0 Å². The van der Waals surface area contributed by atoms with Gasteiger partial charge in [0, 0.05) is 19.5 Å². The zero-order valence-electron chi connectivity index (χ0n) is 8.69. The van der Waals surface area contributed by atoms with Crippen LogP contribution in [0.1, 0.15) is 26.2 Å². The fourth-order valence-electron chi connectivity index (χ4n) is 0.824. The molecule has 13 heavy (non-hydrogen) atoms. The van der Waals surface area contributed by atoms with Crippen LogP contribution in [0.4, 0.5) is 0 Å². The van der Waals surface area contributed by atoms with Crippen LogP contribution in [0.15, 0.2) is 0 Å². The number of hydrogen-bond donors (Lipinski definition) is 2. The average molecular weight is 296 g/mol. The van der Waals surface area contributed by atoms with Crippen LogP contribution in [0.3, 0.4) is 0 Å². The maximum Gasteiger partial charge on any atom is 0.224 e. The second-order valence-corrected chi connectivity index (χ2v) is 14.4. The summed E-state index contributed by atoms with van der Waals surface area (Å²) in [5, 5.41) is 0. The smallest absolute Gasteiger partial charge is 0.224 e. The Labute approximate surface area is 101 Å². The first-order valence-corrected chi connectivity index (χ1v) is 10.0. The molecule has 0 aromatic rings. The van der Waals surface area contributed by atoms with E-state index in [1.807, 2.05) is 12.5 Å². The van der Waals surface area contributed by atoms with Gasteiger partial charge in [-0.25, -0.2) is 0 Å². The summed E-state index contributed by atoms with van der Waals surface area (Å²) in [5.74, 6) is 0.894. The van der Waals surface area contributed by atoms with Crippen molar-refractivity contribution in [2.24, 2.45) is 0 Å². The molecule has 2 nitrogen and oxygen atoms in total. The Balaban J connectivity index is 0. The third-order valence-corrected chi connectivity index (χ3v) is 12.5. The molecule has 0 radical (unpaired) electrons. The van der Waals surface area contributed by atoms with Crippen molar-refractivity contribution in [2.45, 2.75) is 26.2 Å². The standard InChI is InChI=1S/C7H19O2PS2.Zn/c1-4-5-6-7-12(2,3)10(8,9)11;/h4-7H2,1-3H3,(H2,8,9,11);. The van der Waals surface area contributed by atoms with Gasteiger partial charge in [0.15, 0.2) is 0 Å². The summed E-state index contributed by atoms with van der Waals surface area (Å²) < 4.78 is 0. The minimum Gasteiger partial charge on any atom is -0.339 e. The summed E-state index contributed by atoms with van der Waals surface area (Å²) in [6.45, 7) is 2.14. The second-order valence-electron chi connectivity index (χ2n) is 3.38. The van der Waals surface area contributed by atoms with Gasteiger partial charge in [0.1, 0.15) is 0 Å². The van der Waals surface area contributed by atoms with Gasteiger partial charge in [0.2, 0.25) is 5.69 Å². The van der Waals surface area contributed by atoms with Crippen LogP contribution in [0.25, 0.3) is 0 Å². The average Bonchev–Trinajstić information content (AvgIpc) is 1.85. The van der Waals surface area contributed by atoms with Crippen molar-refractivity contribution in [1.82, 2.24) is 0 Å². The van der Waals surface area contributed by atoms with E-state index in [9.17, 15) is 9.79 Å². The molecule has 2 N–H and O–H groups in total. The van der Waals surface area contributed by atoms with Crippen molar-refractivity contribution in [3.8, 4) is 0 Å². The Bertz CT molecular complexity index is 181. The van der Waals surface area contributed by atoms with E-state index in [0.29, 0.717) is 0 Å². The fraction of sp³-hybridized carbons (Fsp3) is 1.00. The van der Waals surface area contributed by atoms with Gasteiger partial charge < -0.3 is 9.79 Å². The van der Waals surface area contributed by atoms with E-state index in [2.05, 4.69) is 6.92 Å². The molecule has 0 aliphatic carbocycles. The van der Waals surface area contributed by atoms with Crippen molar-refractivity contribution in [2.75, 3.05) is 18.3 Å². The molecule has 0 aliphatic heterocycles. The van der Waals surface area contributed by atoms with Crippen molar-refractivity contribution in [1.29, 1.82) is 0 Å². The maximum absolute atomic E-state index is 9.36. The molecule has 0 unspecified atom stereocenters. The fourth-order valence-corrected chi connectivity index (χ4v) is 3.74. The summed E-state index contributed by atoms with van der Waals surface area (Å²) >= 11 is 4.73. The Morgan fingerprint density at radius 2 is 1.69 bits per heavy atom. The molecule has 0 aliphatic rings. The molecule has 0 saturated carbocycles. The molecule has 6 heteroatoms. The van der Waals surface area contributed by atoms with E-state index in [-0.39, 0.29) is 19.5 Å². The Morgan fingerprint density at radius 3 is 2.00 bits per heavy atom. The van der Waals surface area contributed by atoms with Gasteiger partial charge in [0.25, 0.3) is 0 Å². The third kappa shape index (κ3) is 6.59. The molecule has 0 spiro atoms. The monoisotopic (exact) mass is 294 g/mol. The van der Waals surface area contributed by atoms with E-state index in [4.69, 9.17) is 11.8 Å². The van der Waals surface area contributed by atoms with Gasteiger partial charge in [-0.05, 0) is 36.5 Å². The van der Waals surface area contributed by atoms with Crippen LogP contribution in [0.2, 0.25) is 0 Å². The van der Waals surface area contributed by atoms with E-state index in [1.165, 1.54) is 0 Å². The largest absolute Gasteiger partial charge is 0.339 e. The van der Waals surface area contributed by atoms with Crippen LogP contribution in [-0.2, 0) is 31.3 Å². The number of rotatable bonds is 5. The Kier molecular flexibility index (Phi) is 9.03. The van der Waals surface area contributed by atoms with Gasteiger partial charge in [-0.2, -0.15) is 9.65 Å². The van der Waals surface area contributed by atoms with Gasteiger partial charge in [-0.1, -0.05) is 19.8 Å². The van der Waals surface area contributed by atoms with Gasteiger partial charge in [0.05, 0.1) is 0 Å². The molecule has 78 valence electrons. The van der Waals surface area contributed by atoms with Gasteiger partial charge >= 0.3 is 0 Å². The molecule has 0 fully saturated rings. The van der Waals surface area contributed by atoms with Gasteiger partial charge in [-0.3, -0.25) is 0 Å². The topological polar surface area (TPSA) is 40.5 Å². The van der Waals surface area contributed by atoms with E-state index in [1.54, 1.807) is 0 Å². The predicted molar refractivity (Wildman–Crippen MR) is 62.6 cm³/mol. The summed E-state index contributed by atoms with van der Waals surface area (Å²) in [5.41, 5.74) is -2.99. The van der Waals surface area contributed by atoms with E-state index < -0.39 is 15.3 Å². The van der Waals surface area contributed by atoms with E-state index in [0.717, 1.165) is 25.0 Å². The number of hydrogen-bond acceptors (Lipinski definition) is 1. The van der Waals surface area contributed by atoms with Crippen LogP contribution in [0, 0.1) is 0 Å². The molecule has 0 rings (SSSR count). The van der Waals surface area contributed by atoms with E-state index >= 15 is 0 Å². The Morgan fingerprint density at radius 1 is 1.23 bits per heavy atom. The molecule has 0 atom stereocenters. The first kappa shape index (κ1) is 17.0. The third-order valence-electron chi connectivity index (χ3n) is 1.89. The SMILES string of the molecule is CCCCCS(C)(C)P(O)(O)=S.[Zn]. The molecule has 0 aromatic carbocycles. The second kappa shape index (κ2) is 6.92. The zero-order chi connectivity index (χ0) is 9.83. The van der Waals surface area contributed by atoms with Crippen molar-refractivity contribution < 1.29 is 29.3 Å². The predicted octanol–water partition coefficient (Wildman–Crippen LogP) is 2.45. The summed E-state index contributed by atoms with van der Waals surface area (Å²) in [6, 6.07) is 0. The van der Waals surface area contributed by atoms with Crippen LogP contribution in [0.5, 0.6) is 0 Å². The van der Waals surface area contributed by atoms with Crippen LogP contribution in [-0.4, -0.2) is 28.1 Å². The van der Waals surface area contributed by atoms with Crippen LogP contribution >= 0.6 is 15.3 Å². The molecule has 0 saturated heterocycles. The molecule has 0 amide bonds. The zero-order valence-corrected chi connectivity index (χ0v) is 14.2. The molecule has 0 aromatic heterocycles. The minimum absolute atomic E-state index is 0. The van der Waals surface area contributed by atoms with Gasteiger partial charge in [-0.15, -0.1) is 0 Å². The minimum atomic E-state index is -2.99.